The highest BCUT2D eigenvalue weighted by molar-refractivity contribution is 5.44. The molecule has 1 aromatic rings. The largest absolute Gasteiger partial charge is 0.388 e. The molecule has 0 radical (unpaired) electrons. The summed E-state index contributed by atoms with van der Waals surface area (Å²) in [7, 11) is 1.93. The van der Waals surface area contributed by atoms with Gasteiger partial charge in [-0.1, -0.05) is 39.8 Å². The summed E-state index contributed by atoms with van der Waals surface area (Å²) in [4.78, 5) is 0. The molecule has 0 spiro atoms. The summed E-state index contributed by atoms with van der Waals surface area (Å²) in [6, 6.07) is 8.54. The fourth-order valence-electron chi connectivity index (χ4n) is 1.03. The van der Waals surface area contributed by atoms with E-state index in [-0.39, 0.29) is 0 Å². The second-order valence-corrected chi connectivity index (χ2v) is 3.03. The fourth-order valence-corrected chi connectivity index (χ4v) is 1.03. The van der Waals surface area contributed by atoms with Crippen molar-refractivity contribution in [3.63, 3.8) is 0 Å². The summed E-state index contributed by atoms with van der Waals surface area (Å²) in [5.74, 6) is 0.626. The van der Waals surface area contributed by atoms with Gasteiger partial charge in [0.1, 0.15) is 0 Å². The average molecular weight is 179 g/mol. The van der Waals surface area contributed by atoms with Crippen molar-refractivity contribution < 1.29 is 0 Å². The van der Waals surface area contributed by atoms with Crippen LogP contribution in [0.25, 0.3) is 0 Å². The van der Waals surface area contributed by atoms with E-state index in [9.17, 15) is 0 Å². The number of hydrogen-bond donors (Lipinski definition) is 1. The van der Waals surface area contributed by atoms with E-state index < -0.39 is 0 Å². The van der Waals surface area contributed by atoms with Gasteiger partial charge in [0.15, 0.2) is 0 Å². The van der Waals surface area contributed by atoms with Gasteiger partial charge in [0.05, 0.1) is 0 Å². The Morgan fingerprint density at radius 2 is 1.46 bits per heavy atom. The van der Waals surface area contributed by atoms with Gasteiger partial charge in [-0.25, -0.2) is 0 Å². The van der Waals surface area contributed by atoms with Crippen molar-refractivity contribution >= 4 is 5.69 Å². The lowest BCUT2D eigenvalue weighted by Gasteiger charge is -2.05. The Bertz CT molecular complexity index is 211. The van der Waals surface area contributed by atoms with E-state index in [4.69, 9.17) is 0 Å². The van der Waals surface area contributed by atoms with E-state index in [1.807, 2.05) is 20.9 Å². The third kappa shape index (κ3) is 3.97. The van der Waals surface area contributed by atoms with E-state index in [1.54, 1.807) is 0 Å². The van der Waals surface area contributed by atoms with Gasteiger partial charge in [-0.2, -0.15) is 0 Å². The molecule has 0 unspecified atom stereocenters. The molecule has 0 aromatic heterocycles. The SMILES string of the molecule is CC.CNc1ccc(C(C)C)cc1. The van der Waals surface area contributed by atoms with Crippen LogP contribution in [0.1, 0.15) is 39.2 Å². The molecular formula is C12H21N. The van der Waals surface area contributed by atoms with Gasteiger partial charge in [0, 0.05) is 12.7 Å². The Kier molecular flexibility index (Phi) is 6.03. The lowest BCUT2D eigenvalue weighted by atomic mass is 10.0. The van der Waals surface area contributed by atoms with Crippen LogP contribution in [0.4, 0.5) is 5.69 Å². The van der Waals surface area contributed by atoms with Crippen LogP contribution < -0.4 is 5.32 Å². The summed E-state index contributed by atoms with van der Waals surface area (Å²) in [5, 5.41) is 3.09. The molecule has 0 heterocycles. The topological polar surface area (TPSA) is 12.0 Å². The van der Waals surface area contributed by atoms with E-state index >= 15 is 0 Å². The Labute approximate surface area is 82.2 Å². The second-order valence-electron chi connectivity index (χ2n) is 3.03. The number of rotatable bonds is 2. The number of nitrogens with one attached hydrogen (secondary N) is 1. The molecule has 1 rings (SSSR count). The first-order chi connectivity index (χ1) is 6.24. The molecule has 0 atom stereocenters. The van der Waals surface area contributed by atoms with Gasteiger partial charge in [0.2, 0.25) is 0 Å². The Hall–Kier alpha value is -0.980. The van der Waals surface area contributed by atoms with Crippen molar-refractivity contribution in [2.45, 2.75) is 33.6 Å². The maximum Gasteiger partial charge on any atom is 0.0337 e. The lowest BCUT2D eigenvalue weighted by molar-refractivity contribution is 0.867. The van der Waals surface area contributed by atoms with Crippen LogP contribution in [0, 0.1) is 0 Å². The normalized spacial score (nSPS) is 9.08. The molecule has 0 aliphatic carbocycles. The molecule has 0 fully saturated rings. The molecule has 0 saturated heterocycles. The van der Waals surface area contributed by atoms with Gasteiger partial charge in [-0.3, -0.25) is 0 Å². The first kappa shape index (κ1) is 12.0. The maximum absolute atomic E-state index is 3.09. The van der Waals surface area contributed by atoms with Crippen LogP contribution in [0.15, 0.2) is 24.3 Å². The van der Waals surface area contributed by atoms with Gasteiger partial charge >= 0.3 is 0 Å². The monoisotopic (exact) mass is 179 g/mol. The van der Waals surface area contributed by atoms with Gasteiger partial charge in [-0.15, -0.1) is 0 Å². The van der Waals surface area contributed by atoms with Gasteiger partial charge in [0.25, 0.3) is 0 Å². The standard InChI is InChI=1S/C10H15N.C2H6/c1-8(2)9-4-6-10(11-3)7-5-9;1-2/h4-8,11H,1-3H3;1-2H3. The minimum atomic E-state index is 0.626. The van der Waals surface area contributed by atoms with Crippen molar-refractivity contribution in [1.29, 1.82) is 0 Å². The minimum Gasteiger partial charge on any atom is -0.388 e. The maximum atomic E-state index is 3.09. The molecule has 1 nitrogen and oxygen atoms in total. The van der Waals surface area contributed by atoms with Gasteiger partial charge < -0.3 is 5.32 Å². The Balaban J connectivity index is 0.000000671. The lowest BCUT2D eigenvalue weighted by Crippen LogP contribution is -1.90. The molecule has 74 valence electrons. The summed E-state index contributed by atoms with van der Waals surface area (Å²) in [5.41, 5.74) is 2.57. The van der Waals surface area contributed by atoms with Crippen molar-refractivity contribution in [3.05, 3.63) is 29.8 Å². The smallest absolute Gasteiger partial charge is 0.0337 e. The minimum absolute atomic E-state index is 0.626. The van der Waals surface area contributed by atoms with Crippen LogP contribution in [0.3, 0.4) is 0 Å². The van der Waals surface area contributed by atoms with E-state index in [1.165, 1.54) is 11.3 Å². The first-order valence-electron chi connectivity index (χ1n) is 5.01. The first-order valence-corrected chi connectivity index (χ1v) is 5.01. The van der Waals surface area contributed by atoms with Crippen LogP contribution in [0.2, 0.25) is 0 Å². The number of hydrogen-bond acceptors (Lipinski definition) is 1. The molecule has 0 aliphatic heterocycles. The molecule has 0 amide bonds. The summed E-state index contributed by atoms with van der Waals surface area (Å²) >= 11 is 0. The molecule has 0 saturated carbocycles. The van der Waals surface area contributed by atoms with Crippen LogP contribution in [-0.2, 0) is 0 Å². The highest BCUT2D eigenvalue weighted by Gasteiger charge is 1.96. The molecule has 1 aromatic carbocycles. The molecule has 0 aliphatic rings. The predicted octanol–water partition coefficient (Wildman–Crippen LogP) is 3.88. The highest BCUT2D eigenvalue weighted by Crippen LogP contribution is 2.16. The van der Waals surface area contributed by atoms with E-state index in [0.717, 1.165) is 0 Å². The third-order valence-corrected chi connectivity index (χ3v) is 1.87. The fraction of sp³-hybridized carbons (Fsp3) is 0.500. The Morgan fingerprint density at radius 3 is 1.77 bits per heavy atom. The van der Waals surface area contributed by atoms with Crippen LogP contribution >= 0.6 is 0 Å². The quantitative estimate of drug-likeness (QED) is 0.726. The molecule has 0 bridgehead atoms. The zero-order chi connectivity index (χ0) is 10.3. The number of benzene rings is 1. The van der Waals surface area contributed by atoms with Crippen molar-refractivity contribution in [3.8, 4) is 0 Å². The van der Waals surface area contributed by atoms with Crippen molar-refractivity contribution in [2.24, 2.45) is 0 Å². The summed E-state index contributed by atoms with van der Waals surface area (Å²) in [6.45, 7) is 8.41. The van der Waals surface area contributed by atoms with Crippen LogP contribution in [0.5, 0.6) is 0 Å². The highest BCUT2D eigenvalue weighted by atomic mass is 14.8. The van der Waals surface area contributed by atoms with E-state index in [0.29, 0.717) is 5.92 Å². The van der Waals surface area contributed by atoms with Gasteiger partial charge in [-0.05, 0) is 23.6 Å². The van der Waals surface area contributed by atoms with Crippen molar-refractivity contribution in [1.82, 2.24) is 0 Å². The number of anilines is 1. The Morgan fingerprint density at radius 1 is 1.00 bits per heavy atom. The predicted molar refractivity (Wildman–Crippen MR) is 61.4 cm³/mol. The third-order valence-electron chi connectivity index (χ3n) is 1.87. The molecular weight excluding hydrogens is 158 g/mol. The molecule has 13 heavy (non-hydrogen) atoms. The summed E-state index contributed by atoms with van der Waals surface area (Å²) < 4.78 is 0. The zero-order valence-electron chi connectivity index (χ0n) is 9.39. The average Bonchev–Trinajstić information content (AvgIpc) is 2.21. The molecule has 1 heteroatoms. The summed E-state index contributed by atoms with van der Waals surface area (Å²) in [6.07, 6.45) is 0. The van der Waals surface area contributed by atoms with Crippen LogP contribution in [-0.4, -0.2) is 7.05 Å². The van der Waals surface area contributed by atoms with Crippen molar-refractivity contribution in [2.75, 3.05) is 12.4 Å². The van der Waals surface area contributed by atoms with E-state index in [2.05, 4.69) is 43.4 Å². The second kappa shape index (κ2) is 6.53. The zero-order valence-corrected chi connectivity index (χ0v) is 9.39. The molecule has 1 N–H and O–H groups in total.